The summed E-state index contributed by atoms with van der Waals surface area (Å²) in [7, 11) is 0. The van der Waals surface area contributed by atoms with Crippen LogP contribution in [-0.2, 0) is 4.79 Å². The van der Waals surface area contributed by atoms with Crippen molar-refractivity contribution in [2.45, 2.75) is 38.6 Å². The molecule has 0 spiro atoms. The van der Waals surface area contributed by atoms with Crippen molar-refractivity contribution in [3.8, 4) is 0 Å². The van der Waals surface area contributed by atoms with Crippen LogP contribution in [0.25, 0.3) is 0 Å². The summed E-state index contributed by atoms with van der Waals surface area (Å²) in [4.78, 5) is 11.7. The molecular formula is C14H19N3O. The Morgan fingerprint density at radius 1 is 1.44 bits per heavy atom. The number of hydrogen-bond donors (Lipinski definition) is 1. The van der Waals surface area contributed by atoms with Gasteiger partial charge in [0.1, 0.15) is 5.82 Å². The Bertz CT molecular complexity index is 453. The molecule has 1 saturated carbocycles. The smallest absolute Gasteiger partial charge is 0.249 e. The van der Waals surface area contributed by atoms with Crippen LogP contribution in [0.2, 0.25) is 0 Å². The van der Waals surface area contributed by atoms with Crippen LogP contribution < -0.4 is 5.32 Å². The van der Waals surface area contributed by atoms with E-state index in [1.807, 2.05) is 29.8 Å². The number of nitrogens with zero attached hydrogens (tertiary/aromatic N) is 2. The fraction of sp³-hybridized carbons (Fsp3) is 0.429. The second kappa shape index (κ2) is 6.19. The first-order valence-corrected chi connectivity index (χ1v) is 6.45. The highest BCUT2D eigenvalue weighted by Crippen LogP contribution is 2.31. The van der Waals surface area contributed by atoms with E-state index < -0.39 is 0 Å². The first kappa shape index (κ1) is 12.6. The minimum Gasteiger partial charge on any atom is -0.307 e. The van der Waals surface area contributed by atoms with E-state index in [0.717, 1.165) is 18.7 Å². The molecule has 0 saturated heterocycles. The van der Waals surface area contributed by atoms with Crippen LogP contribution >= 0.6 is 0 Å². The highest BCUT2D eigenvalue weighted by Gasteiger charge is 2.19. The third kappa shape index (κ3) is 3.09. The molecule has 1 heterocycles. The van der Waals surface area contributed by atoms with E-state index in [-0.39, 0.29) is 5.91 Å². The molecule has 0 unspecified atom stereocenters. The molecule has 4 nitrogen and oxygen atoms in total. The number of amides is 1. The van der Waals surface area contributed by atoms with Crippen molar-refractivity contribution in [3.05, 3.63) is 36.6 Å². The lowest BCUT2D eigenvalue weighted by Gasteiger charge is -2.13. The number of carbonyl (C=O) groups excluding carboxylic acids is 1. The number of aromatic nitrogens is 2. The van der Waals surface area contributed by atoms with Crippen molar-refractivity contribution in [3.63, 3.8) is 0 Å². The van der Waals surface area contributed by atoms with E-state index in [0.29, 0.717) is 6.04 Å². The van der Waals surface area contributed by atoms with Gasteiger partial charge in [0.15, 0.2) is 0 Å². The van der Waals surface area contributed by atoms with E-state index in [4.69, 9.17) is 0 Å². The molecule has 0 atom stereocenters. The molecule has 4 heteroatoms. The second-order valence-electron chi connectivity index (χ2n) is 4.47. The van der Waals surface area contributed by atoms with Gasteiger partial charge in [-0.3, -0.25) is 4.79 Å². The Kier molecular flexibility index (Phi) is 4.34. The highest BCUT2D eigenvalue weighted by molar-refractivity contribution is 5.98. The molecule has 18 heavy (non-hydrogen) atoms. The van der Waals surface area contributed by atoms with Crippen LogP contribution in [0.4, 0.5) is 5.82 Å². The van der Waals surface area contributed by atoms with E-state index in [1.54, 1.807) is 12.3 Å². The molecule has 1 fully saturated rings. The van der Waals surface area contributed by atoms with E-state index >= 15 is 0 Å². The molecule has 0 aliphatic heterocycles. The molecule has 2 rings (SSSR count). The van der Waals surface area contributed by atoms with Gasteiger partial charge in [0.05, 0.1) is 12.2 Å². The summed E-state index contributed by atoms with van der Waals surface area (Å²) in [6.45, 7) is 1.91. The molecule has 1 amide bonds. The zero-order valence-corrected chi connectivity index (χ0v) is 10.7. The number of allylic oxidation sites excluding steroid dienone is 3. The van der Waals surface area contributed by atoms with Gasteiger partial charge < -0.3 is 5.32 Å². The number of anilines is 1. The largest absolute Gasteiger partial charge is 0.307 e. The van der Waals surface area contributed by atoms with Gasteiger partial charge in [0.25, 0.3) is 0 Å². The first-order valence-electron chi connectivity index (χ1n) is 6.45. The Hall–Kier alpha value is -1.84. The lowest BCUT2D eigenvalue weighted by molar-refractivity contribution is -0.111. The Labute approximate surface area is 107 Å². The molecule has 96 valence electrons. The summed E-state index contributed by atoms with van der Waals surface area (Å²) in [5.41, 5.74) is 0. The third-order valence-electron chi connectivity index (χ3n) is 3.14. The van der Waals surface area contributed by atoms with Crippen molar-refractivity contribution in [1.29, 1.82) is 0 Å². The van der Waals surface area contributed by atoms with Gasteiger partial charge in [-0.25, -0.2) is 4.68 Å². The van der Waals surface area contributed by atoms with Crippen LogP contribution in [-0.4, -0.2) is 15.7 Å². The Morgan fingerprint density at radius 3 is 2.94 bits per heavy atom. The predicted octanol–water partition coefficient (Wildman–Crippen LogP) is 3.07. The van der Waals surface area contributed by atoms with Gasteiger partial charge in [0, 0.05) is 12.1 Å². The van der Waals surface area contributed by atoms with Crippen molar-refractivity contribution < 1.29 is 4.79 Å². The molecule has 0 bridgehead atoms. The van der Waals surface area contributed by atoms with Gasteiger partial charge >= 0.3 is 0 Å². The van der Waals surface area contributed by atoms with Crippen LogP contribution in [0.5, 0.6) is 0 Å². The predicted molar refractivity (Wildman–Crippen MR) is 72.3 cm³/mol. The summed E-state index contributed by atoms with van der Waals surface area (Å²) in [6.07, 6.45) is 13.5. The SMILES string of the molecule is C/C=C/C=C/C(=O)Nc1ccnn1C1CCCC1. The molecule has 1 aromatic heterocycles. The van der Waals surface area contributed by atoms with Crippen LogP contribution in [0.1, 0.15) is 38.6 Å². The normalized spacial score (nSPS) is 16.9. The van der Waals surface area contributed by atoms with Crippen LogP contribution in [0.3, 0.4) is 0 Å². The molecule has 0 aromatic carbocycles. The lowest BCUT2D eigenvalue weighted by Crippen LogP contribution is -2.15. The first-order chi connectivity index (χ1) is 8.81. The van der Waals surface area contributed by atoms with Gasteiger partial charge in [0.2, 0.25) is 5.91 Å². The fourth-order valence-corrected chi connectivity index (χ4v) is 2.28. The van der Waals surface area contributed by atoms with E-state index in [2.05, 4.69) is 10.4 Å². The van der Waals surface area contributed by atoms with Crippen molar-refractivity contribution in [2.75, 3.05) is 5.32 Å². The maximum Gasteiger partial charge on any atom is 0.249 e. The molecule has 1 aliphatic carbocycles. The molecular weight excluding hydrogens is 226 g/mol. The maximum absolute atomic E-state index is 11.7. The fourth-order valence-electron chi connectivity index (χ4n) is 2.28. The minimum atomic E-state index is -0.118. The molecule has 0 radical (unpaired) electrons. The van der Waals surface area contributed by atoms with Gasteiger partial charge in [-0.2, -0.15) is 5.10 Å². The Balaban J connectivity index is 2.01. The monoisotopic (exact) mass is 245 g/mol. The average molecular weight is 245 g/mol. The number of carbonyl (C=O) groups is 1. The Morgan fingerprint density at radius 2 is 2.22 bits per heavy atom. The molecule has 1 aliphatic rings. The summed E-state index contributed by atoms with van der Waals surface area (Å²) in [6, 6.07) is 2.29. The quantitative estimate of drug-likeness (QED) is 0.654. The average Bonchev–Trinajstić information content (AvgIpc) is 2.99. The third-order valence-corrected chi connectivity index (χ3v) is 3.14. The van der Waals surface area contributed by atoms with Crippen LogP contribution in [0, 0.1) is 0 Å². The van der Waals surface area contributed by atoms with Gasteiger partial charge in [-0.15, -0.1) is 0 Å². The standard InChI is InChI=1S/C14H19N3O/c1-2-3-4-9-14(18)16-13-10-11-15-17(13)12-7-5-6-8-12/h2-4,9-12H,5-8H2,1H3,(H,16,18)/b3-2+,9-4+. The summed E-state index contributed by atoms with van der Waals surface area (Å²) in [5, 5.41) is 7.18. The minimum absolute atomic E-state index is 0.118. The van der Waals surface area contributed by atoms with Gasteiger partial charge in [-0.05, 0) is 19.8 Å². The zero-order valence-electron chi connectivity index (χ0n) is 10.7. The van der Waals surface area contributed by atoms with Crippen LogP contribution in [0.15, 0.2) is 36.6 Å². The highest BCUT2D eigenvalue weighted by atomic mass is 16.1. The van der Waals surface area contributed by atoms with Crippen molar-refractivity contribution >= 4 is 11.7 Å². The number of rotatable bonds is 4. The maximum atomic E-state index is 11.7. The van der Waals surface area contributed by atoms with E-state index in [1.165, 1.54) is 18.9 Å². The molecule has 1 N–H and O–H groups in total. The van der Waals surface area contributed by atoms with Crippen molar-refractivity contribution in [1.82, 2.24) is 9.78 Å². The van der Waals surface area contributed by atoms with Gasteiger partial charge in [-0.1, -0.05) is 31.1 Å². The van der Waals surface area contributed by atoms with E-state index in [9.17, 15) is 4.79 Å². The van der Waals surface area contributed by atoms with Crippen molar-refractivity contribution in [2.24, 2.45) is 0 Å². The topological polar surface area (TPSA) is 46.9 Å². The zero-order chi connectivity index (χ0) is 12.8. The number of hydrogen-bond acceptors (Lipinski definition) is 2. The summed E-state index contributed by atoms with van der Waals surface area (Å²) >= 11 is 0. The molecule has 1 aromatic rings. The number of nitrogens with one attached hydrogen (secondary N) is 1. The lowest BCUT2D eigenvalue weighted by atomic mass is 10.2. The second-order valence-corrected chi connectivity index (χ2v) is 4.47. The summed E-state index contributed by atoms with van der Waals surface area (Å²) in [5.74, 6) is 0.671. The summed E-state index contributed by atoms with van der Waals surface area (Å²) < 4.78 is 1.94.